The summed E-state index contributed by atoms with van der Waals surface area (Å²) in [6, 6.07) is 8.38. The molecule has 0 bridgehead atoms. The number of rotatable bonds is 5. The van der Waals surface area contributed by atoms with Gasteiger partial charge in [-0.2, -0.15) is 0 Å². The molecule has 0 fully saturated rings. The van der Waals surface area contributed by atoms with Crippen LogP contribution in [-0.4, -0.2) is 64.4 Å². The second-order valence-electron chi connectivity index (χ2n) is 4.21. The van der Waals surface area contributed by atoms with Gasteiger partial charge in [-0.15, -0.1) is 0 Å². The van der Waals surface area contributed by atoms with Crippen LogP contribution in [0.3, 0.4) is 0 Å². The fourth-order valence-electron chi connectivity index (χ4n) is 1.32. The van der Waals surface area contributed by atoms with Crippen molar-refractivity contribution in [1.29, 1.82) is 0 Å². The molecule has 104 valence electrons. The maximum atomic E-state index is 10.0. The number of aliphatic hydroxyl groups is 1. The monoisotopic (exact) mass is 297 g/mol. The molecule has 1 rings (SSSR count). The molecule has 0 spiro atoms. The average molecular weight is 297 g/mol. The van der Waals surface area contributed by atoms with Crippen LogP contribution >= 0.6 is 0 Å². The van der Waals surface area contributed by atoms with E-state index in [0.717, 1.165) is 34.5 Å². The van der Waals surface area contributed by atoms with E-state index in [2.05, 4.69) is 43.4 Å². The normalized spacial score (nSPS) is 12.3. The number of aryl methyl sites for hydroxylation is 1. The Morgan fingerprint density at radius 2 is 2.05 bits per heavy atom. The van der Waals surface area contributed by atoms with E-state index in [0.29, 0.717) is 3.67 Å². The van der Waals surface area contributed by atoms with Gasteiger partial charge in [0.15, 0.2) is 0 Å². The van der Waals surface area contributed by atoms with Gasteiger partial charge >= 0.3 is 71.7 Å². The number of nitrogens with one attached hydrogen (secondary N) is 1. The van der Waals surface area contributed by atoms with Gasteiger partial charge in [-0.25, -0.2) is 0 Å². The zero-order valence-corrected chi connectivity index (χ0v) is 14.4. The van der Waals surface area contributed by atoms with E-state index in [1.54, 1.807) is 0 Å². The van der Waals surface area contributed by atoms with Crippen LogP contribution < -0.4 is 5.32 Å². The molecule has 0 aliphatic carbocycles. The molecule has 5 nitrogen and oxygen atoms in total. The van der Waals surface area contributed by atoms with Gasteiger partial charge < -0.3 is 5.32 Å². The summed E-state index contributed by atoms with van der Waals surface area (Å²) in [4.78, 5) is 0. The van der Waals surface area contributed by atoms with Crippen molar-refractivity contribution in [3.8, 4) is 0 Å². The van der Waals surface area contributed by atoms with Crippen molar-refractivity contribution >= 4 is 43.7 Å². The Bertz CT molecular complexity index is 465. The second-order valence-corrected chi connectivity index (χ2v) is 6.52. The standard InChI is InChI=1S/C9H13N.C3H7O4S.Na/c1-3-10-9-6-4-5-8(2)7-9;1-3(4)2-8(5,6)7;/h4-7,10H,3H2,1-2H3;3-4H,1-2H2,(H,5,6,7);. The number of aliphatic hydroxyl groups excluding tert-OH is 1. The van der Waals surface area contributed by atoms with Crippen LogP contribution in [0.5, 0.6) is 0 Å². The van der Waals surface area contributed by atoms with E-state index in [1.807, 2.05) is 0 Å². The summed E-state index contributed by atoms with van der Waals surface area (Å²) in [7, 11) is -3.96. The molecule has 0 saturated heterocycles. The van der Waals surface area contributed by atoms with Crippen molar-refractivity contribution in [1.82, 2.24) is 0 Å². The van der Waals surface area contributed by atoms with E-state index >= 15 is 0 Å². The third kappa shape index (κ3) is 11.4. The van der Waals surface area contributed by atoms with E-state index < -0.39 is 22.0 Å². The Kier molecular flexibility index (Phi) is 9.68. The first-order chi connectivity index (χ1) is 8.78. The van der Waals surface area contributed by atoms with Crippen molar-refractivity contribution in [3.63, 3.8) is 0 Å². The van der Waals surface area contributed by atoms with Gasteiger partial charge in [0.25, 0.3) is 0 Å². The summed E-state index contributed by atoms with van der Waals surface area (Å²) in [5, 5.41) is 11.9. The minimum atomic E-state index is -3.96. The van der Waals surface area contributed by atoms with E-state index in [1.165, 1.54) is 11.3 Å². The summed E-state index contributed by atoms with van der Waals surface area (Å²) >= 11 is 0.741. The van der Waals surface area contributed by atoms with E-state index in [-0.39, 0.29) is 0 Å². The minimum absolute atomic E-state index is 0.472. The first kappa shape index (κ1) is 18.9. The number of anilines is 1. The Balaban J connectivity index is 0.000000344. The molecule has 0 aliphatic heterocycles. The van der Waals surface area contributed by atoms with Gasteiger partial charge in [0, 0.05) is 12.2 Å². The van der Waals surface area contributed by atoms with Crippen LogP contribution in [0, 0.1) is 6.92 Å². The summed E-state index contributed by atoms with van der Waals surface area (Å²) < 4.78 is 28.6. The molecule has 0 heterocycles. The fourth-order valence-corrected chi connectivity index (χ4v) is 2.75. The molecule has 0 radical (unpaired) electrons. The van der Waals surface area contributed by atoms with Crippen LogP contribution in [0.2, 0.25) is 3.67 Å². The Labute approximate surface area is 132 Å². The molecular formula is C12H20NNaO4S. The van der Waals surface area contributed by atoms with Gasteiger partial charge in [-0.1, -0.05) is 12.1 Å². The predicted molar refractivity (Wildman–Crippen MR) is 78.3 cm³/mol. The Morgan fingerprint density at radius 3 is 2.42 bits per heavy atom. The van der Waals surface area contributed by atoms with Crippen LogP contribution in [-0.2, 0) is 10.1 Å². The summed E-state index contributed by atoms with van der Waals surface area (Å²) in [5.74, 6) is -0.531. The molecule has 1 atom stereocenters. The molecule has 7 heteroatoms. The Morgan fingerprint density at radius 1 is 1.42 bits per heavy atom. The summed E-state index contributed by atoms with van der Waals surface area (Å²) in [6.07, 6.45) is -0.883. The molecule has 19 heavy (non-hydrogen) atoms. The van der Waals surface area contributed by atoms with Gasteiger partial charge in [0.1, 0.15) is 0 Å². The zero-order chi connectivity index (χ0) is 14.9. The number of hydrogen-bond acceptors (Lipinski definition) is 4. The van der Waals surface area contributed by atoms with Crippen LogP contribution in [0.25, 0.3) is 0 Å². The molecule has 1 unspecified atom stereocenters. The van der Waals surface area contributed by atoms with E-state index in [4.69, 9.17) is 9.66 Å². The molecule has 0 saturated carbocycles. The Hall–Kier alpha value is -0.110. The number of hydrogen-bond donors (Lipinski definition) is 3. The van der Waals surface area contributed by atoms with Gasteiger partial charge in [-0.3, -0.25) is 0 Å². The summed E-state index contributed by atoms with van der Waals surface area (Å²) in [6.45, 7) is 5.19. The molecule has 0 aromatic heterocycles. The van der Waals surface area contributed by atoms with Crippen molar-refractivity contribution in [3.05, 3.63) is 29.8 Å². The van der Waals surface area contributed by atoms with Crippen molar-refractivity contribution in [2.75, 3.05) is 17.6 Å². The third-order valence-corrected chi connectivity index (χ3v) is 4.02. The topological polar surface area (TPSA) is 86.6 Å². The first-order valence-electron chi connectivity index (χ1n) is 6.22. The predicted octanol–water partition coefficient (Wildman–Crippen LogP) is 1.25. The van der Waals surface area contributed by atoms with Crippen LogP contribution in [0.15, 0.2) is 24.3 Å². The van der Waals surface area contributed by atoms with Crippen LogP contribution in [0.4, 0.5) is 5.69 Å². The van der Waals surface area contributed by atoms with Crippen LogP contribution in [0.1, 0.15) is 12.5 Å². The quantitative estimate of drug-likeness (QED) is 0.562. The van der Waals surface area contributed by atoms with Crippen molar-refractivity contribution in [2.24, 2.45) is 0 Å². The maximum absolute atomic E-state index is 10.0. The van der Waals surface area contributed by atoms with Crippen molar-refractivity contribution < 1.29 is 18.1 Å². The van der Waals surface area contributed by atoms with Gasteiger partial charge in [0.05, 0.1) is 0 Å². The van der Waals surface area contributed by atoms with Crippen molar-refractivity contribution in [2.45, 2.75) is 23.6 Å². The molecule has 0 aliphatic rings. The van der Waals surface area contributed by atoms with Gasteiger partial charge in [0.2, 0.25) is 0 Å². The summed E-state index contributed by atoms with van der Waals surface area (Å²) in [5.41, 5.74) is 2.51. The molecule has 1 aromatic carbocycles. The molecule has 0 amide bonds. The third-order valence-electron chi connectivity index (χ3n) is 2.27. The second kappa shape index (κ2) is 9.74. The average Bonchev–Trinajstić information content (AvgIpc) is 2.28. The molecule has 3 N–H and O–H groups in total. The number of benzene rings is 1. The zero-order valence-electron chi connectivity index (χ0n) is 11.6. The first-order valence-corrected chi connectivity index (χ1v) is 9.24. The van der Waals surface area contributed by atoms with Gasteiger partial charge in [-0.05, 0) is 31.5 Å². The molecular weight excluding hydrogens is 277 g/mol. The molecule has 1 aromatic rings. The fraction of sp³-hybridized carbons (Fsp3) is 0.500. The van der Waals surface area contributed by atoms with E-state index in [9.17, 15) is 8.42 Å². The SMILES string of the molecule is CCNc1cccc(C)c1.O=S(=O)(O)CC(O)[CH2][Na].